The molecular formula is C6H16AuClNP. The van der Waals surface area contributed by atoms with Gasteiger partial charge in [-0.1, -0.05) is 0 Å². The molecule has 10 heavy (non-hydrogen) atoms. The van der Waals surface area contributed by atoms with Gasteiger partial charge in [-0.3, -0.25) is 0 Å². The van der Waals surface area contributed by atoms with Crippen molar-refractivity contribution in [1.29, 1.82) is 0 Å². The molecule has 0 aromatic carbocycles. The van der Waals surface area contributed by atoms with E-state index in [0.717, 1.165) is 0 Å². The Bertz CT molecular complexity index is 141. The van der Waals surface area contributed by atoms with Crippen molar-refractivity contribution < 1.29 is 17.6 Å². The summed E-state index contributed by atoms with van der Waals surface area (Å²) in [6.07, 6.45) is 1.32. The standard InChI is InChI=1S/C6H16NP.Au.ClH/c1-7(2)5-6-8(3)4;;/h5-6H2,1-4H3;;1H/q;+1;/p-1. The van der Waals surface area contributed by atoms with E-state index in [1.54, 1.807) is 0 Å². The summed E-state index contributed by atoms with van der Waals surface area (Å²) in [6, 6.07) is 0. The molecule has 68 valence electrons. The van der Waals surface area contributed by atoms with Crippen molar-refractivity contribution in [2.75, 3.05) is 40.1 Å². The fraction of sp³-hybridized carbons (Fsp3) is 1.00. The number of rotatable bonds is 3. The molecule has 0 spiro atoms. The minimum atomic E-state index is -0.656. The predicted molar refractivity (Wildman–Crippen MR) is 48.0 cm³/mol. The van der Waals surface area contributed by atoms with E-state index in [1.807, 2.05) is 0 Å². The summed E-state index contributed by atoms with van der Waals surface area (Å²) in [6.45, 7) is 5.90. The molecule has 0 aromatic heterocycles. The Balaban J connectivity index is 3.69. The molecule has 1 nitrogen and oxygen atoms in total. The van der Waals surface area contributed by atoms with Crippen LogP contribution in [-0.2, 0) is 17.6 Å². The Kier molecular flexibility index (Phi) is 5.86. The molecule has 0 aliphatic heterocycles. The molecule has 0 rings (SSSR count). The second-order valence-electron chi connectivity index (χ2n) is 3.02. The third-order valence-electron chi connectivity index (χ3n) is 1.20. The van der Waals surface area contributed by atoms with Crippen LogP contribution in [0.25, 0.3) is 0 Å². The average molecular weight is 366 g/mol. The monoisotopic (exact) mass is 365 g/mol. The summed E-state index contributed by atoms with van der Waals surface area (Å²) in [7, 11) is 10.1. The molecule has 0 unspecified atom stereocenters. The van der Waals surface area contributed by atoms with Crippen molar-refractivity contribution >= 4 is 13.9 Å². The van der Waals surface area contributed by atoms with Gasteiger partial charge in [-0.05, 0) is 0 Å². The summed E-state index contributed by atoms with van der Waals surface area (Å²) in [5.41, 5.74) is 0. The van der Waals surface area contributed by atoms with Gasteiger partial charge in [-0.25, -0.2) is 0 Å². The summed E-state index contributed by atoms with van der Waals surface area (Å²) >= 11 is 0.0875. The van der Waals surface area contributed by atoms with Crippen molar-refractivity contribution in [3.63, 3.8) is 0 Å². The first-order valence-electron chi connectivity index (χ1n) is 3.17. The zero-order valence-electron chi connectivity index (χ0n) is 6.99. The van der Waals surface area contributed by atoms with E-state index >= 15 is 0 Å². The van der Waals surface area contributed by atoms with Crippen LogP contribution in [0.3, 0.4) is 0 Å². The van der Waals surface area contributed by atoms with E-state index in [4.69, 9.17) is 9.19 Å². The van der Waals surface area contributed by atoms with E-state index in [0.29, 0.717) is 0 Å². The first kappa shape index (κ1) is 11.4. The van der Waals surface area contributed by atoms with Gasteiger partial charge in [0, 0.05) is 0 Å². The predicted octanol–water partition coefficient (Wildman–Crippen LogP) is 1.98. The van der Waals surface area contributed by atoms with Gasteiger partial charge in [0.05, 0.1) is 0 Å². The maximum atomic E-state index is 5.90. The van der Waals surface area contributed by atoms with Crippen molar-refractivity contribution in [3.05, 3.63) is 0 Å². The van der Waals surface area contributed by atoms with Crippen LogP contribution in [-0.4, -0.2) is 45.0 Å². The number of hydrogen-bond acceptors (Lipinski definition) is 1. The summed E-state index contributed by atoms with van der Waals surface area (Å²) < 4.78 is -0.656. The molecule has 0 radical (unpaired) electrons. The van der Waals surface area contributed by atoms with Crippen LogP contribution in [0.4, 0.5) is 0 Å². The fourth-order valence-corrected chi connectivity index (χ4v) is 3.82. The second kappa shape index (κ2) is 5.13. The topological polar surface area (TPSA) is 3.24 Å². The summed E-state index contributed by atoms with van der Waals surface area (Å²) in [5.74, 6) is 0. The Hall–Kier alpha value is 1.42. The minimum absolute atomic E-state index is 0.0875. The van der Waals surface area contributed by atoms with Crippen LogP contribution in [0, 0.1) is 0 Å². The molecule has 0 N–H and O–H groups in total. The number of halogens is 1. The van der Waals surface area contributed by atoms with Gasteiger partial charge in [-0.2, -0.15) is 0 Å². The molecule has 0 aliphatic rings. The first-order valence-corrected chi connectivity index (χ1v) is 11.5. The Morgan fingerprint density at radius 1 is 1.40 bits per heavy atom. The van der Waals surface area contributed by atoms with Crippen molar-refractivity contribution in [3.8, 4) is 0 Å². The van der Waals surface area contributed by atoms with Gasteiger partial charge < -0.3 is 0 Å². The number of hydrogen-bond donors (Lipinski definition) is 0. The molecule has 0 saturated heterocycles. The van der Waals surface area contributed by atoms with Gasteiger partial charge in [0.25, 0.3) is 0 Å². The van der Waals surface area contributed by atoms with Gasteiger partial charge in [0.1, 0.15) is 0 Å². The molecular weight excluding hydrogens is 349 g/mol. The van der Waals surface area contributed by atoms with Gasteiger partial charge in [0.15, 0.2) is 0 Å². The third-order valence-corrected chi connectivity index (χ3v) is 13.9. The van der Waals surface area contributed by atoms with Crippen LogP contribution in [0.1, 0.15) is 0 Å². The zero-order valence-corrected chi connectivity index (χ0v) is 10.8. The van der Waals surface area contributed by atoms with E-state index in [-0.39, 0.29) is 17.6 Å². The Morgan fingerprint density at radius 2 is 1.90 bits per heavy atom. The SMILES string of the molecule is CN(C)CC[P](C)(C)=[Au][Cl]. The summed E-state index contributed by atoms with van der Waals surface area (Å²) in [4.78, 5) is 2.23. The number of nitrogens with zero attached hydrogens (tertiary/aromatic N) is 1. The van der Waals surface area contributed by atoms with Crippen LogP contribution < -0.4 is 0 Å². The molecule has 0 aliphatic carbocycles. The normalized spacial score (nSPS) is 13.0. The van der Waals surface area contributed by atoms with Crippen LogP contribution in [0.5, 0.6) is 0 Å². The molecule has 4 heteroatoms. The maximum absolute atomic E-state index is 5.90. The van der Waals surface area contributed by atoms with Crippen molar-refractivity contribution in [1.82, 2.24) is 4.90 Å². The average Bonchev–Trinajstić information content (AvgIpc) is 1.85. The van der Waals surface area contributed by atoms with Gasteiger partial charge in [-0.15, -0.1) is 0 Å². The Labute approximate surface area is 76.4 Å². The van der Waals surface area contributed by atoms with Crippen LogP contribution >= 0.6 is 13.9 Å². The van der Waals surface area contributed by atoms with Crippen molar-refractivity contribution in [2.45, 2.75) is 0 Å². The third kappa shape index (κ3) is 6.15. The van der Waals surface area contributed by atoms with E-state index in [1.165, 1.54) is 12.7 Å². The fourth-order valence-electron chi connectivity index (χ4n) is 0.456. The molecule has 0 atom stereocenters. The zero-order chi connectivity index (χ0) is 8.20. The van der Waals surface area contributed by atoms with E-state index < -0.39 is 4.69 Å². The molecule has 0 amide bonds. The van der Waals surface area contributed by atoms with Gasteiger partial charge in [0.2, 0.25) is 0 Å². The van der Waals surface area contributed by atoms with Crippen molar-refractivity contribution in [2.24, 2.45) is 0 Å². The molecule has 0 fully saturated rings. The van der Waals surface area contributed by atoms with E-state index in [9.17, 15) is 0 Å². The summed E-state index contributed by atoms with van der Waals surface area (Å²) in [5, 5.41) is 0. The molecule has 0 aromatic rings. The molecule has 0 bridgehead atoms. The Morgan fingerprint density at radius 3 is 2.20 bits per heavy atom. The molecule has 0 heterocycles. The first-order chi connectivity index (χ1) is 4.48. The van der Waals surface area contributed by atoms with Crippen LogP contribution in [0.2, 0.25) is 0 Å². The quantitative estimate of drug-likeness (QED) is 0.546. The second-order valence-corrected chi connectivity index (χ2v) is 17.9. The van der Waals surface area contributed by atoms with Crippen LogP contribution in [0.15, 0.2) is 0 Å². The van der Waals surface area contributed by atoms with E-state index in [2.05, 4.69) is 32.3 Å². The molecule has 0 saturated carbocycles. The van der Waals surface area contributed by atoms with Gasteiger partial charge >= 0.3 is 76.6 Å².